The van der Waals surface area contributed by atoms with Crippen LogP contribution in [0.2, 0.25) is 5.02 Å². The Morgan fingerprint density at radius 1 is 1.26 bits per heavy atom. The molecule has 102 valence electrons. The van der Waals surface area contributed by atoms with Crippen LogP contribution in [0.4, 0.5) is 5.69 Å². The first kappa shape index (κ1) is 12.9. The van der Waals surface area contributed by atoms with E-state index in [2.05, 4.69) is 0 Å². The highest BCUT2D eigenvalue weighted by atomic mass is 35.5. The van der Waals surface area contributed by atoms with E-state index in [0.717, 1.165) is 17.8 Å². The minimum Gasteiger partial charge on any atom is -0.316 e. The van der Waals surface area contributed by atoms with E-state index in [1.165, 1.54) is 32.1 Å². The number of nitrogens with two attached hydrogens (primary N) is 1. The topological polar surface area (TPSA) is 46.3 Å². The second kappa shape index (κ2) is 5.14. The monoisotopic (exact) mass is 278 g/mol. The first-order valence-corrected chi connectivity index (χ1v) is 7.41. The average molecular weight is 279 g/mol. The molecule has 1 aromatic carbocycles. The van der Waals surface area contributed by atoms with Crippen LogP contribution < -0.4 is 10.6 Å². The minimum absolute atomic E-state index is 0.0165. The van der Waals surface area contributed by atoms with Crippen molar-refractivity contribution < 1.29 is 4.79 Å². The molecule has 1 amide bonds. The van der Waals surface area contributed by atoms with Crippen molar-refractivity contribution in [3.63, 3.8) is 0 Å². The predicted octanol–water partition coefficient (Wildman–Crippen LogP) is 3.27. The van der Waals surface area contributed by atoms with Crippen molar-refractivity contribution in [3.8, 4) is 0 Å². The Balaban J connectivity index is 1.84. The fourth-order valence-corrected chi connectivity index (χ4v) is 3.44. The average Bonchev–Trinajstić information content (AvgIpc) is 2.65. The van der Waals surface area contributed by atoms with Gasteiger partial charge in [-0.1, -0.05) is 30.9 Å². The van der Waals surface area contributed by atoms with Gasteiger partial charge in [-0.2, -0.15) is 0 Å². The summed E-state index contributed by atoms with van der Waals surface area (Å²) in [5, 5.41) is 0.640. The summed E-state index contributed by atoms with van der Waals surface area (Å²) in [6.07, 6.45) is 6.35. The largest absolute Gasteiger partial charge is 0.316 e. The maximum absolute atomic E-state index is 12.3. The maximum Gasteiger partial charge on any atom is 0.248 e. The predicted molar refractivity (Wildman–Crippen MR) is 77.3 cm³/mol. The van der Waals surface area contributed by atoms with Crippen molar-refractivity contribution in [3.05, 3.63) is 28.8 Å². The van der Waals surface area contributed by atoms with Gasteiger partial charge in [0.1, 0.15) is 6.04 Å². The van der Waals surface area contributed by atoms with Gasteiger partial charge in [-0.25, -0.2) is 0 Å². The second-order valence-electron chi connectivity index (χ2n) is 5.63. The van der Waals surface area contributed by atoms with Crippen LogP contribution in [0.5, 0.6) is 0 Å². The normalized spacial score (nSPS) is 23.8. The lowest BCUT2D eigenvalue weighted by Gasteiger charge is -2.27. The molecule has 0 bridgehead atoms. The number of benzene rings is 1. The number of nitrogens with zero attached hydrogens (tertiary/aromatic N) is 1. The molecule has 3 nitrogen and oxygen atoms in total. The minimum atomic E-state index is -0.544. The highest BCUT2D eigenvalue weighted by Crippen LogP contribution is 2.38. The molecule has 4 heteroatoms. The molecular weight excluding hydrogens is 260 g/mol. The Hall–Kier alpha value is -1.06. The number of hydrogen-bond acceptors (Lipinski definition) is 2. The van der Waals surface area contributed by atoms with E-state index >= 15 is 0 Å². The van der Waals surface area contributed by atoms with Gasteiger partial charge in [0.15, 0.2) is 0 Å². The van der Waals surface area contributed by atoms with E-state index in [1.807, 2.05) is 23.1 Å². The number of anilines is 1. The summed E-state index contributed by atoms with van der Waals surface area (Å²) in [5.74, 6) is 0.634. The Morgan fingerprint density at radius 3 is 2.74 bits per heavy atom. The van der Waals surface area contributed by atoms with Gasteiger partial charge in [-0.3, -0.25) is 4.79 Å². The summed E-state index contributed by atoms with van der Waals surface area (Å²) in [7, 11) is 0. The van der Waals surface area contributed by atoms with Crippen LogP contribution in [0.25, 0.3) is 0 Å². The first-order chi connectivity index (χ1) is 9.16. The van der Waals surface area contributed by atoms with E-state index < -0.39 is 6.04 Å². The van der Waals surface area contributed by atoms with Gasteiger partial charge in [-0.15, -0.1) is 0 Å². The van der Waals surface area contributed by atoms with Gasteiger partial charge in [0, 0.05) is 22.8 Å². The molecule has 1 fully saturated rings. The summed E-state index contributed by atoms with van der Waals surface area (Å²) in [4.78, 5) is 14.2. The molecule has 1 unspecified atom stereocenters. The van der Waals surface area contributed by atoms with Gasteiger partial charge >= 0.3 is 0 Å². The lowest BCUT2D eigenvalue weighted by molar-refractivity contribution is -0.119. The second-order valence-corrected chi connectivity index (χ2v) is 6.07. The van der Waals surface area contributed by atoms with Crippen molar-refractivity contribution in [2.75, 3.05) is 11.4 Å². The molecule has 1 saturated carbocycles. The smallest absolute Gasteiger partial charge is 0.248 e. The zero-order valence-electron chi connectivity index (χ0n) is 10.9. The Morgan fingerprint density at radius 2 is 2.00 bits per heavy atom. The van der Waals surface area contributed by atoms with Crippen LogP contribution in [0, 0.1) is 5.92 Å². The van der Waals surface area contributed by atoms with Crippen LogP contribution in [-0.2, 0) is 4.79 Å². The Bertz CT molecular complexity index is 497. The molecule has 19 heavy (non-hydrogen) atoms. The van der Waals surface area contributed by atoms with E-state index in [0.29, 0.717) is 10.9 Å². The summed E-state index contributed by atoms with van der Waals surface area (Å²) in [6.45, 7) is 0.807. The Kier molecular flexibility index (Phi) is 3.50. The van der Waals surface area contributed by atoms with E-state index in [-0.39, 0.29) is 5.91 Å². The third-order valence-electron chi connectivity index (χ3n) is 4.31. The standard InChI is InChI=1S/C15H19ClN2O/c16-11-6-7-13-12(8-11)14(17)15(19)18(13)9-10-4-2-1-3-5-10/h6-8,10,14H,1-5,9,17H2. The van der Waals surface area contributed by atoms with Crippen molar-refractivity contribution in [1.29, 1.82) is 0 Å². The van der Waals surface area contributed by atoms with Crippen molar-refractivity contribution in [1.82, 2.24) is 0 Å². The van der Waals surface area contributed by atoms with Crippen molar-refractivity contribution >= 4 is 23.2 Å². The third-order valence-corrected chi connectivity index (χ3v) is 4.55. The fourth-order valence-electron chi connectivity index (χ4n) is 3.26. The lowest BCUT2D eigenvalue weighted by atomic mass is 9.89. The molecule has 2 aliphatic rings. The summed E-state index contributed by atoms with van der Waals surface area (Å²) < 4.78 is 0. The third kappa shape index (κ3) is 2.37. The number of amides is 1. The van der Waals surface area contributed by atoms with Crippen LogP contribution in [0.15, 0.2) is 18.2 Å². The van der Waals surface area contributed by atoms with Crippen molar-refractivity contribution in [2.24, 2.45) is 11.7 Å². The fraction of sp³-hybridized carbons (Fsp3) is 0.533. The molecule has 0 spiro atoms. The zero-order valence-corrected chi connectivity index (χ0v) is 11.7. The number of fused-ring (bicyclic) bond motifs is 1. The molecule has 2 N–H and O–H groups in total. The van der Waals surface area contributed by atoms with Crippen LogP contribution >= 0.6 is 11.6 Å². The first-order valence-electron chi connectivity index (χ1n) is 7.03. The number of halogens is 1. The highest BCUT2D eigenvalue weighted by molar-refractivity contribution is 6.31. The number of hydrogen-bond donors (Lipinski definition) is 1. The molecule has 1 heterocycles. The molecule has 1 atom stereocenters. The van der Waals surface area contributed by atoms with E-state index in [4.69, 9.17) is 17.3 Å². The van der Waals surface area contributed by atoms with Crippen LogP contribution in [-0.4, -0.2) is 12.5 Å². The summed E-state index contributed by atoms with van der Waals surface area (Å²) in [6, 6.07) is 5.03. The van der Waals surface area contributed by atoms with Crippen LogP contribution in [0.3, 0.4) is 0 Å². The van der Waals surface area contributed by atoms with Gasteiger partial charge < -0.3 is 10.6 Å². The molecular formula is C15H19ClN2O. The molecule has 1 aromatic rings. The van der Waals surface area contributed by atoms with Gasteiger partial charge in [0.2, 0.25) is 5.91 Å². The van der Waals surface area contributed by atoms with E-state index in [9.17, 15) is 4.79 Å². The molecule has 0 aromatic heterocycles. The summed E-state index contributed by atoms with van der Waals surface area (Å²) >= 11 is 5.99. The molecule has 1 aliphatic heterocycles. The Labute approximate surface area is 118 Å². The molecule has 0 saturated heterocycles. The number of carbonyl (C=O) groups is 1. The van der Waals surface area contributed by atoms with Gasteiger partial charge in [0.05, 0.1) is 0 Å². The van der Waals surface area contributed by atoms with E-state index in [1.54, 1.807) is 0 Å². The maximum atomic E-state index is 12.3. The molecule has 3 rings (SSSR count). The van der Waals surface area contributed by atoms with Gasteiger partial charge in [0.25, 0.3) is 0 Å². The van der Waals surface area contributed by atoms with Crippen molar-refractivity contribution in [2.45, 2.75) is 38.1 Å². The lowest BCUT2D eigenvalue weighted by Crippen LogP contribution is -2.36. The molecule has 1 aliphatic carbocycles. The zero-order chi connectivity index (χ0) is 13.4. The quantitative estimate of drug-likeness (QED) is 0.902. The summed E-state index contributed by atoms with van der Waals surface area (Å²) in [5.41, 5.74) is 7.82. The molecule has 0 radical (unpaired) electrons. The highest BCUT2D eigenvalue weighted by Gasteiger charge is 2.36. The van der Waals surface area contributed by atoms with Crippen LogP contribution in [0.1, 0.15) is 43.7 Å². The van der Waals surface area contributed by atoms with Gasteiger partial charge in [-0.05, 0) is 37.0 Å². The SMILES string of the molecule is NC1C(=O)N(CC2CCCCC2)c2ccc(Cl)cc21. The number of rotatable bonds is 2. The number of carbonyl (C=O) groups excluding carboxylic acids is 1.